The van der Waals surface area contributed by atoms with E-state index in [1.54, 1.807) is 12.1 Å². The maximum absolute atomic E-state index is 13.3. The van der Waals surface area contributed by atoms with Gasteiger partial charge < -0.3 is 30.0 Å². The van der Waals surface area contributed by atoms with Crippen molar-refractivity contribution in [2.45, 2.75) is 104 Å². The summed E-state index contributed by atoms with van der Waals surface area (Å²) in [7, 11) is -3.36. The van der Waals surface area contributed by atoms with Gasteiger partial charge in [-0.15, -0.1) is 0 Å². The lowest BCUT2D eigenvalue weighted by atomic mass is 10.1. The number of nitrogens with one attached hydrogen (secondary N) is 2. The fourth-order valence-corrected chi connectivity index (χ4v) is 6.05. The van der Waals surface area contributed by atoms with Crippen molar-refractivity contribution in [2.24, 2.45) is 0 Å². The molecule has 0 spiro atoms. The minimum absolute atomic E-state index is 0.117. The molecular formula is C41H66F2N4O9S. The molecule has 2 saturated heterocycles. The number of rotatable bonds is 14. The fraction of sp³-hybridized carbons (Fsp3) is 0.659. The van der Waals surface area contributed by atoms with Crippen LogP contribution in [0.3, 0.4) is 0 Å². The Kier molecular flexibility index (Phi) is 21.6. The maximum atomic E-state index is 13.3. The van der Waals surface area contributed by atoms with Gasteiger partial charge in [0.25, 0.3) is 10.1 Å². The minimum Gasteiger partial charge on any atom is -0.508 e. The molecule has 2 aliphatic rings. The normalized spacial score (nSPS) is 17.8. The number of phenols is 1. The van der Waals surface area contributed by atoms with Gasteiger partial charge >= 0.3 is 12.2 Å². The van der Waals surface area contributed by atoms with E-state index in [-0.39, 0.29) is 12.4 Å². The van der Waals surface area contributed by atoms with E-state index in [1.165, 1.54) is 0 Å². The van der Waals surface area contributed by atoms with Crippen molar-refractivity contribution < 1.29 is 50.3 Å². The number of hydrogen-bond acceptors (Lipinski definition) is 11. The molecule has 2 amide bonds. The van der Waals surface area contributed by atoms with Gasteiger partial charge in [0.05, 0.1) is 12.9 Å². The third-order valence-electron chi connectivity index (χ3n) is 8.30. The van der Waals surface area contributed by atoms with Gasteiger partial charge in [-0.2, -0.15) is 8.42 Å². The Labute approximate surface area is 338 Å². The van der Waals surface area contributed by atoms with Crippen molar-refractivity contribution >= 4 is 22.3 Å². The van der Waals surface area contributed by atoms with Crippen molar-refractivity contribution in [1.82, 2.24) is 20.4 Å². The Morgan fingerprint density at radius 1 is 0.737 bits per heavy atom. The Hall–Kier alpha value is -3.73. The first-order valence-electron chi connectivity index (χ1n) is 19.7. The molecule has 2 aromatic rings. The Morgan fingerprint density at radius 2 is 1.16 bits per heavy atom. The summed E-state index contributed by atoms with van der Waals surface area (Å²) in [5, 5.41) is 14.5. The number of benzene rings is 2. The summed E-state index contributed by atoms with van der Waals surface area (Å²) in [5.41, 5.74) is 1.22. The first-order chi connectivity index (χ1) is 26.7. The van der Waals surface area contributed by atoms with Gasteiger partial charge in [-0.05, 0) is 129 Å². The summed E-state index contributed by atoms with van der Waals surface area (Å²) in [6.07, 6.45) is 3.23. The molecule has 57 heavy (non-hydrogen) atoms. The van der Waals surface area contributed by atoms with Crippen LogP contribution in [0.15, 0.2) is 48.5 Å². The summed E-state index contributed by atoms with van der Waals surface area (Å²) in [6.45, 7) is 16.6. The monoisotopic (exact) mass is 828 g/mol. The number of alkyl halides is 2. The second-order valence-electron chi connectivity index (χ2n) is 16.1. The number of piperidine rings is 2. The van der Waals surface area contributed by atoms with Crippen LogP contribution in [-0.4, -0.2) is 131 Å². The number of alkyl carbamates (subject to hydrolysis) is 2. The van der Waals surface area contributed by atoms with Crippen molar-refractivity contribution in [3.63, 3.8) is 0 Å². The standard InChI is InChI=1S/C20H31FN2O3.C13H19NO3.C8H16FNO3S/c1-20(2,3)26-19(24)22-11-10-16-6-8-18(9-7-16)25-14-13-23-12-4-5-17(21)15-23;1-13(2,3)17-12(16)14-9-8-10-4-6-11(15)7-5-10;1-14(11,12)13-6-5-10-4-2-3-8(9)7-10/h6-9,17H,4-5,10-15H2,1-3H3,(H,22,24);4-7,15H,8-9H2,1-3H3,(H,14,16);8H,2-7H2,1H3. The van der Waals surface area contributed by atoms with Crippen LogP contribution >= 0.6 is 0 Å². The maximum Gasteiger partial charge on any atom is 0.407 e. The van der Waals surface area contributed by atoms with Gasteiger partial charge in [0.1, 0.15) is 41.7 Å². The van der Waals surface area contributed by atoms with E-state index in [4.69, 9.17) is 19.3 Å². The molecule has 0 saturated carbocycles. The predicted molar refractivity (Wildman–Crippen MR) is 218 cm³/mol. The van der Waals surface area contributed by atoms with E-state index in [1.807, 2.05) is 82.8 Å². The fourth-order valence-electron chi connectivity index (χ4n) is 5.68. The first-order valence-corrected chi connectivity index (χ1v) is 21.5. The van der Waals surface area contributed by atoms with Crippen LogP contribution in [0.5, 0.6) is 11.5 Å². The number of nitrogens with zero attached hydrogens (tertiary/aromatic N) is 2. The lowest BCUT2D eigenvalue weighted by Gasteiger charge is -2.28. The molecular weight excluding hydrogens is 763 g/mol. The number of amides is 2. The zero-order valence-electron chi connectivity index (χ0n) is 34.9. The molecule has 2 fully saturated rings. The molecule has 2 heterocycles. The summed E-state index contributed by atoms with van der Waals surface area (Å²) < 4.78 is 68.1. The van der Waals surface area contributed by atoms with Crippen LogP contribution < -0.4 is 15.4 Å². The van der Waals surface area contributed by atoms with Crippen LogP contribution in [0.1, 0.15) is 78.4 Å². The second kappa shape index (κ2) is 24.9. The number of ether oxygens (including phenoxy) is 3. The number of phenolic OH excluding ortho intramolecular Hbond substituents is 1. The smallest absolute Gasteiger partial charge is 0.407 e. The second-order valence-corrected chi connectivity index (χ2v) is 17.8. The molecule has 2 atom stereocenters. The van der Waals surface area contributed by atoms with E-state index in [9.17, 15) is 26.8 Å². The molecule has 2 unspecified atom stereocenters. The molecule has 3 N–H and O–H groups in total. The summed E-state index contributed by atoms with van der Waals surface area (Å²) >= 11 is 0. The lowest BCUT2D eigenvalue weighted by molar-refractivity contribution is 0.0517. The molecule has 13 nitrogen and oxygen atoms in total. The summed E-state index contributed by atoms with van der Waals surface area (Å²) in [5.74, 6) is 1.05. The average molecular weight is 829 g/mol. The van der Waals surface area contributed by atoms with Crippen LogP contribution in [0, 0.1) is 0 Å². The van der Waals surface area contributed by atoms with E-state index >= 15 is 0 Å². The molecule has 0 aliphatic carbocycles. The van der Waals surface area contributed by atoms with Gasteiger partial charge in [0.2, 0.25) is 0 Å². The van der Waals surface area contributed by atoms with Crippen molar-refractivity contribution in [3.05, 3.63) is 59.7 Å². The number of aromatic hydroxyl groups is 1. The quantitative estimate of drug-likeness (QED) is 0.181. The van der Waals surface area contributed by atoms with E-state index < -0.39 is 45.9 Å². The molecule has 324 valence electrons. The molecule has 2 aliphatic heterocycles. The molecule has 0 bridgehead atoms. The predicted octanol–water partition coefficient (Wildman–Crippen LogP) is 6.42. The van der Waals surface area contributed by atoms with Crippen molar-refractivity contribution in [1.29, 1.82) is 0 Å². The van der Waals surface area contributed by atoms with Gasteiger partial charge in [0, 0.05) is 39.3 Å². The number of halogens is 2. The number of carbonyl (C=O) groups excluding carboxylic acids is 2. The first kappa shape index (κ1) is 49.4. The van der Waals surface area contributed by atoms with Gasteiger partial charge in [-0.3, -0.25) is 14.0 Å². The van der Waals surface area contributed by atoms with Gasteiger partial charge in [-0.25, -0.2) is 18.4 Å². The minimum atomic E-state index is -3.36. The number of hydrogen-bond donors (Lipinski definition) is 3. The van der Waals surface area contributed by atoms with E-state index in [0.29, 0.717) is 58.6 Å². The molecule has 4 rings (SSSR count). The summed E-state index contributed by atoms with van der Waals surface area (Å²) in [4.78, 5) is 26.9. The third-order valence-corrected chi connectivity index (χ3v) is 8.90. The van der Waals surface area contributed by atoms with Crippen LogP contribution in [0.25, 0.3) is 0 Å². The van der Waals surface area contributed by atoms with E-state index in [0.717, 1.165) is 62.0 Å². The van der Waals surface area contributed by atoms with Crippen LogP contribution in [0.4, 0.5) is 18.4 Å². The van der Waals surface area contributed by atoms with Gasteiger partial charge in [-0.1, -0.05) is 24.3 Å². The highest BCUT2D eigenvalue weighted by molar-refractivity contribution is 7.85. The van der Waals surface area contributed by atoms with Gasteiger partial charge in [0.15, 0.2) is 0 Å². The van der Waals surface area contributed by atoms with Crippen LogP contribution in [0.2, 0.25) is 0 Å². The zero-order valence-corrected chi connectivity index (χ0v) is 35.7. The highest BCUT2D eigenvalue weighted by atomic mass is 32.2. The highest BCUT2D eigenvalue weighted by Gasteiger charge is 2.20. The Morgan fingerprint density at radius 3 is 1.56 bits per heavy atom. The lowest BCUT2D eigenvalue weighted by Crippen LogP contribution is -2.38. The van der Waals surface area contributed by atoms with Crippen molar-refractivity contribution in [2.75, 3.05) is 71.8 Å². The Balaban J connectivity index is 0.000000313. The summed E-state index contributed by atoms with van der Waals surface area (Å²) in [6, 6.07) is 14.7. The topological polar surface area (TPSA) is 156 Å². The Bertz CT molecular complexity index is 1550. The highest BCUT2D eigenvalue weighted by Crippen LogP contribution is 2.16. The van der Waals surface area contributed by atoms with Crippen LogP contribution in [-0.2, 0) is 36.6 Å². The van der Waals surface area contributed by atoms with Crippen molar-refractivity contribution in [3.8, 4) is 11.5 Å². The third kappa shape index (κ3) is 26.0. The number of carbonyl (C=O) groups is 2. The molecule has 0 aromatic heterocycles. The zero-order chi connectivity index (χ0) is 42.5. The SMILES string of the molecule is CC(C)(C)OC(=O)NCCc1ccc(O)cc1.CC(C)(C)OC(=O)NCCc1ccc(OCCN2CCCC(F)C2)cc1.CS(=O)(=O)OCCN1CCCC(F)C1. The molecule has 0 radical (unpaired) electrons. The number of likely N-dealkylation sites (tertiary alicyclic amines) is 2. The molecule has 16 heteroatoms. The van der Waals surface area contributed by atoms with E-state index in [2.05, 4.69) is 19.7 Å². The average Bonchev–Trinajstić information content (AvgIpc) is 3.08. The largest absolute Gasteiger partial charge is 0.508 e. The molecule has 2 aromatic carbocycles.